The molecule has 63 heavy (non-hydrogen) atoms. The quantitative estimate of drug-likeness (QED) is 0.127. The van der Waals surface area contributed by atoms with Crippen molar-refractivity contribution in [3.05, 3.63) is 72.4 Å². The molecule has 5 heterocycles. The third-order valence-corrected chi connectivity index (χ3v) is 15.4. The Hall–Kier alpha value is -5.23. The van der Waals surface area contributed by atoms with Crippen LogP contribution in [-0.4, -0.2) is 97.4 Å². The number of carbonyl (C=O) groups is 3. The molecule has 2 aliphatic carbocycles. The molecule has 12 heteroatoms. The number of likely N-dealkylation sites (tertiary alicyclic amines) is 3. The lowest BCUT2D eigenvalue weighted by molar-refractivity contribution is -0.140. The van der Waals surface area contributed by atoms with Crippen LogP contribution in [0.1, 0.15) is 127 Å². The second-order valence-electron chi connectivity index (χ2n) is 19.6. The van der Waals surface area contributed by atoms with Crippen LogP contribution in [0.4, 0.5) is 4.79 Å². The van der Waals surface area contributed by atoms with E-state index in [1.807, 2.05) is 24.9 Å². The number of amides is 3. The third-order valence-electron chi connectivity index (χ3n) is 15.4. The number of rotatable bonds is 10. The maximum Gasteiger partial charge on any atom is 0.407 e. The Bertz CT molecular complexity index is 2460. The van der Waals surface area contributed by atoms with Crippen LogP contribution in [0.25, 0.3) is 44.2 Å². The van der Waals surface area contributed by atoms with Gasteiger partial charge in [0.05, 0.1) is 48.2 Å². The molecule has 2 aromatic heterocycles. The van der Waals surface area contributed by atoms with Crippen LogP contribution in [0.15, 0.2) is 60.8 Å². The molecule has 3 N–H and O–H groups in total. The van der Waals surface area contributed by atoms with Crippen molar-refractivity contribution in [2.24, 2.45) is 17.8 Å². The number of imidazole rings is 2. The molecule has 332 valence electrons. The molecule has 2 unspecified atom stereocenters. The summed E-state index contributed by atoms with van der Waals surface area (Å²) in [6.07, 6.45) is 17.0. The molecule has 10 rings (SSSR count). The second-order valence-corrected chi connectivity index (χ2v) is 19.6. The molecule has 5 fully saturated rings. The number of nitrogens with one attached hydrogen (secondary N) is 3. The van der Waals surface area contributed by atoms with E-state index in [2.05, 4.69) is 79.7 Å². The number of aromatic nitrogens is 4. The first kappa shape index (κ1) is 41.8. The van der Waals surface area contributed by atoms with Gasteiger partial charge in [-0.2, -0.15) is 0 Å². The van der Waals surface area contributed by atoms with Crippen molar-refractivity contribution in [3.63, 3.8) is 0 Å². The summed E-state index contributed by atoms with van der Waals surface area (Å²) >= 11 is 0. The average Bonchev–Trinajstić information content (AvgIpc) is 4.17. The second kappa shape index (κ2) is 17.7. The van der Waals surface area contributed by atoms with Crippen molar-refractivity contribution in [3.8, 4) is 22.4 Å². The van der Waals surface area contributed by atoms with Crippen molar-refractivity contribution in [1.29, 1.82) is 0 Å². The first-order chi connectivity index (χ1) is 30.7. The normalized spacial score (nSPS) is 24.3. The first-order valence-electron chi connectivity index (χ1n) is 24.0. The van der Waals surface area contributed by atoms with Crippen LogP contribution in [0.3, 0.4) is 0 Å². The highest BCUT2D eigenvalue weighted by atomic mass is 16.5. The van der Waals surface area contributed by atoms with Crippen LogP contribution in [0.5, 0.6) is 0 Å². The fraction of sp³-hybridized carbons (Fsp3) is 0.549. The highest BCUT2D eigenvalue weighted by Crippen LogP contribution is 2.47. The lowest BCUT2D eigenvalue weighted by Gasteiger charge is -2.39. The monoisotopic (exact) mass is 853 g/mol. The minimum Gasteiger partial charge on any atom is -0.453 e. The van der Waals surface area contributed by atoms with Crippen molar-refractivity contribution >= 4 is 39.7 Å². The Kier molecular flexibility index (Phi) is 11.8. The minimum atomic E-state index is -0.678. The van der Waals surface area contributed by atoms with Gasteiger partial charge in [-0.1, -0.05) is 76.3 Å². The average molecular weight is 853 g/mol. The number of fused-ring (bicyclic) bond motifs is 3. The molecule has 3 aliphatic heterocycles. The number of methoxy groups -OCH3 is 1. The van der Waals surface area contributed by atoms with E-state index in [1.54, 1.807) is 0 Å². The van der Waals surface area contributed by atoms with Gasteiger partial charge in [-0.15, -0.1) is 0 Å². The molecule has 12 nitrogen and oxygen atoms in total. The number of hydrogen-bond acceptors (Lipinski definition) is 7. The van der Waals surface area contributed by atoms with Gasteiger partial charge in [0.2, 0.25) is 11.8 Å². The summed E-state index contributed by atoms with van der Waals surface area (Å²) in [5.41, 5.74) is 6.12. The van der Waals surface area contributed by atoms with Gasteiger partial charge >= 0.3 is 6.09 Å². The van der Waals surface area contributed by atoms with E-state index < -0.39 is 12.1 Å². The Morgan fingerprint density at radius 3 is 2.22 bits per heavy atom. The largest absolute Gasteiger partial charge is 0.453 e. The molecule has 3 amide bonds. The minimum absolute atomic E-state index is 0.0108. The molecular formula is C51H64N8O4. The van der Waals surface area contributed by atoms with Gasteiger partial charge in [0, 0.05) is 18.2 Å². The van der Waals surface area contributed by atoms with E-state index >= 15 is 0 Å². The molecule has 2 saturated carbocycles. The predicted octanol–water partition coefficient (Wildman–Crippen LogP) is 9.69. The van der Waals surface area contributed by atoms with Gasteiger partial charge in [0.15, 0.2) is 0 Å². The van der Waals surface area contributed by atoms with E-state index in [-0.39, 0.29) is 36.0 Å². The fourth-order valence-electron chi connectivity index (χ4n) is 12.1. The standard InChI is InChI=1S/C51H64N8O4/c1-31(2)45(56-51(62)63-3)49(60)59-42-15-8-7-14-38(42)29-44(59)47-52-30-41(55-47)37-20-19-33-26-34(17-18-35(33)27-37)36-21-22-39-40(28-36)54-48(53-39)43-16-11-25-58(43)50(61)46(57-23-9-10-24-57)32-12-5-4-6-13-32/h17-22,26-28,30-32,38,42-46H,4-16,23-25,29H2,1-3H3,(H,52,55)(H,53,54)(H,56,62)/t38?,42?,43-,44-,45-,46+/m0/s1. The van der Waals surface area contributed by atoms with Gasteiger partial charge in [-0.05, 0) is 135 Å². The van der Waals surface area contributed by atoms with Crippen LogP contribution in [0.2, 0.25) is 0 Å². The van der Waals surface area contributed by atoms with Crippen LogP contribution < -0.4 is 5.32 Å². The van der Waals surface area contributed by atoms with E-state index in [9.17, 15) is 14.4 Å². The lowest BCUT2D eigenvalue weighted by atomic mass is 9.82. The summed E-state index contributed by atoms with van der Waals surface area (Å²) in [5.74, 6) is 2.75. The zero-order chi connectivity index (χ0) is 43.2. The topological polar surface area (TPSA) is 140 Å². The summed E-state index contributed by atoms with van der Waals surface area (Å²) in [6.45, 7) is 6.81. The Morgan fingerprint density at radius 2 is 1.44 bits per heavy atom. The summed E-state index contributed by atoms with van der Waals surface area (Å²) in [7, 11) is 1.33. The number of nitrogens with zero attached hydrogens (tertiary/aromatic N) is 5. The number of benzene rings is 3. The van der Waals surface area contributed by atoms with Gasteiger partial charge in [0.25, 0.3) is 0 Å². The third kappa shape index (κ3) is 8.13. The number of aromatic amines is 2. The highest BCUT2D eigenvalue weighted by Gasteiger charge is 2.48. The Morgan fingerprint density at radius 1 is 0.730 bits per heavy atom. The summed E-state index contributed by atoms with van der Waals surface area (Å²) < 4.78 is 4.89. The van der Waals surface area contributed by atoms with Crippen LogP contribution in [-0.2, 0) is 14.3 Å². The van der Waals surface area contributed by atoms with Crippen LogP contribution in [0, 0.1) is 17.8 Å². The number of hydrogen-bond donors (Lipinski definition) is 3. The molecular weight excluding hydrogens is 789 g/mol. The summed E-state index contributed by atoms with van der Waals surface area (Å²) in [6, 6.07) is 18.8. The summed E-state index contributed by atoms with van der Waals surface area (Å²) in [4.78, 5) is 65.1. The zero-order valence-corrected chi connectivity index (χ0v) is 37.3. The van der Waals surface area contributed by atoms with Gasteiger partial charge in [-0.25, -0.2) is 14.8 Å². The maximum atomic E-state index is 14.5. The zero-order valence-electron chi connectivity index (χ0n) is 37.3. The van der Waals surface area contributed by atoms with E-state index in [0.717, 1.165) is 114 Å². The van der Waals surface area contributed by atoms with Crippen molar-refractivity contribution in [2.75, 3.05) is 26.7 Å². The molecule has 6 atom stereocenters. The molecule has 0 radical (unpaired) electrons. The highest BCUT2D eigenvalue weighted by molar-refractivity contribution is 5.92. The molecule has 3 saturated heterocycles. The molecule has 3 aromatic carbocycles. The van der Waals surface area contributed by atoms with Crippen molar-refractivity contribution < 1.29 is 19.1 Å². The number of ether oxygens (including phenoxy) is 1. The molecule has 0 bridgehead atoms. The number of carbonyl (C=O) groups excluding carboxylic acids is 3. The molecule has 0 spiro atoms. The Balaban J connectivity index is 0.865. The van der Waals surface area contributed by atoms with Crippen molar-refractivity contribution in [1.82, 2.24) is 40.0 Å². The molecule has 5 aromatic rings. The van der Waals surface area contributed by atoms with Crippen LogP contribution >= 0.6 is 0 Å². The predicted molar refractivity (Wildman–Crippen MR) is 246 cm³/mol. The van der Waals surface area contributed by atoms with Gasteiger partial charge in [0.1, 0.15) is 17.7 Å². The lowest BCUT2D eigenvalue weighted by Crippen LogP contribution is -2.53. The number of alkyl carbamates (subject to hydrolysis) is 1. The van der Waals surface area contributed by atoms with E-state index in [4.69, 9.17) is 14.7 Å². The summed E-state index contributed by atoms with van der Waals surface area (Å²) in [5, 5.41) is 5.08. The fourth-order valence-corrected chi connectivity index (χ4v) is 12.1. The number of H-pyrrole nitrogens is 2. The van der Waals surface area contributed by atoms with E-state index in [1.165, 1.54) is 58.5 Å². The maximum absolute atomic E-state index is 14.5. The van der Waals surface area contributed by atoms with Gasteiger partial charge in [-0.3, -0.25) is 14.5 Å². The smallest absolute Gasteiger partial charge is 0.407 e. The van der Waals surface area contributed by atoms with E-state index in [0.29, 0.717) is 17.7 Å². The molecule has 5 aliphatic rings. The van der Waals surface area contributed by atoms with Crippen molar-refractivity contribution in [2.45, 2.75) is 134 Å². The SMILES string of the molecule is COC(=O)N[C@H](C(=O)N1C2CCCCC2C[C@H]1c1ncc(-c2ccc3cc(-c4ccc5nc([C@@H]6CCCN6C(=O)[C@@H](C6CCCCC6)N6CCCC6)[nH]c5c4)ccc3c2)[nH]1)C(C)C. The first-order valence-corrected chi connectivity index (χ1v) is 24.0. The Labute approximate surface area is 370 Å². The van der Waals surface area contributed by atoms with Gasteiger partial charge < -0.3 is 29.8 Å².